The zero-order chi connectivity index (χ0) is 8.69. The van der Waals surface area contributed by atoms with Crippen molar-refractivity contribution in [1.82, 2.24) is 0 Å². The lowest BCUT2D eigenvalue weighted by Gasteiger charge is -1.88. The Labute approximate surface area is 64.3 Å². The van der Waals surface area contributed by atoms with Crippen molar-refractivity contribution in [2.75, 3.05) is 5.73 Å². The summed E-state index contributed by atoms with van der Waals surface area (Å²) in [7, 11) is 0. The Kier molecular flexibility index (Phi) is 3.88. The molecule has 0 radical (unpaired) electrons. The minimum Gasteiger partial charge on any atom is -0.399 e. The predicted octanol–water partition coefficient (Wildman–Crippen LogP) is 1.17. The molecule has 54 valence electrons. The Balaban J connectivity index is 0.000000461. The van der Waals surface area contributed by atoms with Gasteiger partial charge in [0.25, 0.3) is 0 Å². The summed E-state index contributed by atoms with van der Waals surface area (Å²) >= 11 is 0. The fraction of sp³-hybridized carbons (Fsp3) is 0. The Hall–Kier alpha value is -2.07. The number of nitrogens with zero attached hydrogens (tertiary/aromatic N) is 3. The average molecular weight is 146 g/mol. The predicted molar refractivity (Wildman–Crippen MR) is 39.0 cm³/mol. The maximum absolute atomic E-state index is 8.34. The Morgan fingerprint density at radius 2 is 1.55 bits per heavy atom. The molecular weight excluding hydrogens is 140 g/mol. The second kappa shape index (κ2) is 4.78. The molecule has 11 heavy (non-hydrogen) atoms. The second-order valence-electron chi connectivity index (χ2n) is 1.73. The molecule has 0 aliphatic heterocycles. The molecule has 1 aromatic rings. The SMILES string of the molecule is N#Cc1ccc(N)cc1.N#N. The van der Waals surface area contributed by atoms with Crippen molar-refractivity contribution < 1.29 is 0 Å². The summed E-state index contributed by atoms with van der Waals surface area (Å²) in [5.74, 6) is 0. The molecule has 0 fully saturated rings. The number of rotatable bonds is 0. The highest BCUT2D eigenvalue weighted by Crippen LogP contribution is 2.02. The zero-order valence-electron chi connectivity index (χ0n) is 5.73. The highest BCUT2D eigenvalue weighted by atomic mass is 14.6. The van der Waals surface area contributed by atoms with Gasteiger partial charge >= 0.3 is 0 Å². The van der Waals surface area contributed by atoms with Crippen LogP contribution >= 0.6 is 0 Å². The zero-order valence-corrected chi connectivity index (χ0v) is 5.73. The van der Waals surface area contributed by atoms with Crippen LogP contribution in [0.15, 0.2) is 24.3 Å². The van der Waals surface area contributed by atoms with Gasteiger partial charge in [0, 0.05) is 16.5 Å². The lowest BCUT2D eigenvalue weighted by molar-refractivity contribution is 1.15. The smallest absolute Gasteiger partial charge is 0.0991 e. The molecule has 0 aliphatic rings. The van der Waals surface area contributed by atoms with Gasteiger partial charge < -0.3 is 5.73 Å². The van der Waals surface area contributed by atoms with Gasteiger partial charge in [0.2, 0.25) is 0 Å². The monoisotopic (exact) mass is 146 g/mol. The van der Waals surface area contributed by atoms with Crippen molar-refractivity contribution in [3.05, 3.63) is 29.8 Å². The number of nitriles is 1. The maximum atomic E-state index is 8.34. The second-order valence-corrected chi connectivity index (χ2v) is 1.73. The van der Waals surface area contributed by atoms with Crippen molar-refractivity contribution in [2.24, 2.45) is 0 Å². The van der Waals surface area contributed by atoms with E-state index >= 15 is 0 Å². The fourth-order valence-electron chi connectivity index (χ4n) is 0.558. The van der Waals surface area contributed by atoms with E-state index < -0.39 is 0 Å². The lowest BCUT2D eigenvalue weighted by Crippen LogP contribution is -1.82. The van der Waals surface area contributed by atoms with Gasteiger partial charge in [-0.15, -0.1) is 0 Å². The molecule has 1 aromatic carbocycles. The van der Waals surface area contributed by atoms with E-state index in [-0.39, 0.29) is 0 Å². The third kappa shape index (κ3) is 2.83. The molecule has 0 saturated carbocycles. The van der Waals surface area contributed by atoms with Crippen molar-refractivity contribution >= 4 is 5.69 Å². The topological polar surface area (TPSA) is 97.4 Å². The van der Waals surface area contributed by atoms with Gasteiger partial charge in [0.1, 0.15) is 0 Å². The largest absolute Gasteiger partial charge is 0.399 e. The van der Waals surface area contributed by atoms with Crippen molar-refractivity contribution in [3.8, 4) is 6.07 Å². The van der Waals surface area contributed by atoms with E-state index in [2.05, 4.69) is 0 Å². The summed E-state index contributed by atoms with van der Waals surface area (Å²) in [6.45, 7) is 0. The minimum absolute atomic E-state index is 0.643. The molecular formula is C7H6N4. The van der Waals surface area contributed by atoms with Crippen LogP contribution in [0, 0.1) is 22.1 Å². The van der Waals surface area contributed by atoms with Crippen molar-refractivity contribution in [3.63, 3.8) is 0 Å². The summed E-state index contributed by atoms with van der Waals surface area (Å²) in [4.78, 5) is 0. The normalized spacial score (nSPS) is 7.00. The summed E-state index contributed by atoms with van der Waals surface area (Å²) < 4.78 is 0. The molecule has 0 unspecified atom stereocenters. The van der Waals surface area contributed by atoms with Crippen LogP contribution in [0.5, 0.6) is 0 Å². The van der Waals surface area contributed by atoms with Crippen molar-refractivity contribution in [2.45, 2.75) is 0 Å². The average Bonchev–Trinajstić information content (AvgIpc) is 2.10. The minimum atomic E-state index is 0.643. The van der Waals surface area contributed by atoms with E-state index in [1.807, 2.05) is 6.07 Å². The number of benzene rings is 1. The van der Waals surface area contributed by atoms with Gasteiger partial charge in [0.15, 0.2) is 0 Å². The maximum Gasteiger partial charge on any atom is 0.0991 e. The number of anilines is 1. The summed E-state index contributed by atoms with van der Waals surface area (Å²) in [6, 6.07) is 8.79. The van der Waals surface area contributed by atoms with Gasteiger partial charge in [-0.25, -0.2) is 0 Å². The van der Waals surface area contributed by atoms with Crippen LogP contribution in [-0.4, -0.2) is 0 Å². The van der Waals surface area contributed by atoms with Gasteiger partial charge in [-0.1, -0.05) is 0 Å². The van der Waals surface area contributed by atoms with Gasteiger partial charge in [-0.05, 0) is 24.3 Å². The molecule has 2 N–H and O–H groups in total. The Morgan fingerprint density at radius 1 is 1.09 bits per heavy atom. The molecule has 0 atom stereocenters. The molecule has 4 nitrogen and oxygen atoms in total. The van der Waals surface area contributed by atoms with Crippen LogP contribution in [0.25, 0.3) is 0 Å². The first kappa shape index (κ1) is 8.93. The Bertz CT molecular complexity index is 267. The van der Waals surface area contributed by atoms with Gasteiger partial charge in [-0.3, -0.25) is 0 Å². The molecule has 0 amide bonds. The Morgan fingerprint density at radius 3 is 1.91 bits per heavy atom. The summed E-state index contributed by atoms with van der Waals surface area (Å²) in [6.07, 6.45) is 0. The van der Waals surface area contributed by atoms with Crippen LogP contribution < -0.4 is 5.73 Å². The van der Waals surface area contributed by atoms with Crippen LogP contribution in [0.1, 0.15) is 5.56 Å². The van der Waals surface area contributed by atoms with E-state index in [1.54, 1.807) is 24.3 Å². The van der Waals surface area contributed by atoms with Crippen molar-refractivity contribution in [1.29, 1.82) is 16.0 Å². The molecule has 0 bridgehead atoms. The third-order valence-corrected chi connectivity index (χ3v) is 1.04. The lowest BCUT2D eigenvalue weighted by atomic mass is 10.2. The standard InChI is InChI=1S/C7H6N2.N2/c8-5-6-1-3-7(9)4-2-6;1-2/h1-4H,9H2;. The number of nitrogens with two attached hydrogens (primary N) is 1. The summed E-state index contributed by atoms with van der Waals surface area (Å²) in [5.41, 5.74) is 6.70. The number of hydrogen-bond donors (Lipinski definition) is 1. The van der Waals surface area contributed by atoms with E-state index in [9.17, 15) is 0 Å². The molecule has 4 heteroatoms. The molecule has 0 aliphatic carbocycles. The van der Waals surface area contributed by atoms with Crippen LogP contribution in [-0.2, 0) is 0 Å². The first-order valence-corrected chi connectivity index (χ1v) is 2.78. The van der Waals surface area contributed by atoms with E-state index in [0.29, 0.717) is 11.3 Å². The van der Waals surface area contributed by atoms with E-state index in [1.165, 1.54) is 0 Å². The molecule has 1 rings (SSSR count). The fourth-order valence-corrected chi connectivity index (χ4v) is 0.558. The van der Waals surface area contributed by atoms with E-state index in [0.717, 1.165) is 0 Å². The first-order valence-electron chi connectivity index (χ1n) is 2.78. The van der Waals surface area contributed by atoms with Crippen LogP contribution in [0.3, 0.4) is 0 Å². The van der Waals surface area contributed by atoms with Gasteiger partial charge in [0.05, 0.1) is 11.6 Å². The highest BCUT2D eigenvalue weighted by molar-refractivity contribution is 5.42. The molecule has 0 heterocycles. The first-order chi connectivity index (χ1) is 5.33. The molecule has 0 saturated heterocycles. The van der Waals surface area contributed by atoms with Crippen LogP contribution in [0.4, 0.5) is 5.69 Å². The van der Waals surface area contributed by atoms with Gasteiger partial charge in [-0.2, -0.15) is 5.26 Å². The van der Waals surface area contributed by atoms with Crippen LogP contribution in [0.2, 0.25) is 0 Å². The summed E-state index contributed by atoms with van der Waals surface area (Å²) in [5, 5.41) is 20.3. The quantitative estimate of drug-likeness (QED) is 0.438. The molecule has 0 aromatic heterocycles. The number of hydrogen-bond acceptors (Lipinski definition) is 4. The number of nitrogen functional groups attached to an aromatic ring is 1. The molecule has 0 spiro atoms. The van der Waals surface area contributed by atoms with E-state index in [4.69, 9.17) is 21.8 Å². The highest BCUT2D eigenvalue weighted by Gasteiger charge is 1.85. The third-order valence-electron chi connectivity index (χ3n) is 1.04.